The molecule has 1 atom stereocenters. The van der Waals surface area contributed by atoms with E-state index in [-0.39, 0.29) is 5.69 Å². The van der Waals surface area contributed by atoms with Crippen molar-refractivity contribution in [2.24, 2.45) is 0 Å². The summed E-state index contributed by atoms with van der Waals surface area (Å²) in [5.74, 6) is -0.176. The maximum absolute atomic E-state index is 12.9. The summed E-state index contributed by atoms with van der Waals surface area (Å²) >= 11 is 0. The number of aryl methyl sites for hydroxylation is 1. The first-order valence-electron chi connectivity index (χ1n) is 6.98. The molecule has 0 heterocycles. The molecule has 0 fully saturated rings. The first-order chi connectivity index (χ1) is 10.8. The standard InChI is InChI=1S/C17H16F3NO2/c1-11-7-9-13(10-8-11)23-12(2)16(22)21-15-6-4-3-5-14(15)17(18,19)20/h3-10,12H,1-2H3,(H,21,22)/t12-/m1/s1. The van der Waals surface area contributed by atoms with Crippen LogP contribution in [0.4, 0.5) is 18.9 Å². The van der Waals surface area contributed by atoms with Crippen molar-refractivity contribution in [2.45, 2.75) is 26.1 Å². The lowest BCUT2D eigenvalue weighted by molar-refractivity contribution is -0.137. The summed E-state index contributed by atoms with van der Waals surface area (Å²) < 4.78 is 44.1. The van der Waals surface area contributed by atoms with Gasteiger partial charge in [-0.15, -0.1) is 0 Å². The van der Waals surface area contributed by atoms with Crippen LogP contribution in [0.1, 0.15) is 18.1 Å². The van der Waals surface area contributed by atoms with E-state index in [1.165, 1.54) is 25.1 Å². The average Bonchev–Trinajstić information content (AvgIpc) is 2.49. The minimum Gasteiger partial charge on any atom is -0.481 e. The SMILES string of the molecule is Cc1ccc(O[C@H](C)C(=O)Nc2ccccc2C(F)(F)F)cc1. The topological polar surface area (TPSA) is 38.3 Å². The molecule has 2 rings (SSSR count). The first-order valence-corrected chi connectivity index (χ1v) is 6.98. The number of hydrogen-bond donors (Lipinski definition) is 1. The lowest BCUT2D eigenvalue weighted by Gasteiger charge is -2.17. The number of amides is 1. The molecule has 0 unspecified atom stereocenters. The number of ether oxygens (including phenoxy) is 1. The predicted octanol–water partition coefficient (Wildman–Crippen LogP) is 4.42. The maximum Gasteiger partial charge on any atom is 0.418 e. The van der Waals surface area contributed by atoms with E-state index >= 15 is 0 Å². The number of alkyl halides is 3. The van der Waals surface area contributed by atoms with Crippen LogP contribution in [0.2, 0.25) is 0 Å². The van der Waals surface area contributed by atoms with E-state index in [0.29, 0.717) is 5.75 Å². The highest BCUT2D eigenvalue weighted by Gasteiger charge is 2.33. The number of hydrogen-bond acceptors (Lipinski definition) is 2. The predicted molar refractivity (Wildman–Crippen MR) is 81.3 cm³/mol. The van der Waals surface area contributed by atoms with Gasteiger partial charge in [-0.05, 0) is 38.1 Å². The van der Waals surface area contributed by atoms with Gasteiger partial charge in [0, 0.05) is 0 Å². The van der Waals surface area contributed by atoms with Gasteiger partial charge in [0.15, 0.2) is 6.10 Å². The van der Waals surface area contributed by atoms with Crippen molar-refractivity contribution < 1.29 is 22.7 Å². The van der Waals surface area contributed by atoms with E-state index in [0.717, 1.165) is 11.6 Å². The van der Waals surface area contributed by atoms with E-state index in [9.17, 15) is 18.0 Å². The quantitative estimate of drug-likeness (QED) is 0.904. The van der Waals surface area contributed by atoms with Crippen LogP contribution in [0.15, 0.2) is 48.5 Å². The summed E-state index contributed by atoms with van der Waals surface area (Å²) in [6.45, 7) is 3.39. The summed E-state index contributed by atoms with van der Waals surface area (Å²) in [6, 6.07) is 11.9. The van der Waals surface area contributed by atoms with E-state index in [1.807, 2.05) is 19.1 Å². The van der Waals surface area contributed by atoms with E-state index in [4.69, 9.17) is 4.74 Å². The van der Waals surface area contributed by atoms with Gasteiger partial charge in [-0.1, -0.05) is 29.8 Å². The number of carbonyl (C=O) groups excluding carboxylic acids is 1. The third-order valence-corrected chi connectivity index (χ3v) is 3.19. The summed E-state index contributed by atoms with van der Waals surface area (Å²) in [5, 5.41) is 2.26. The molecule has 1 amide bonds. The Labute approximate surface area is 132 Å². The van der Waals surface area contributed by atoms with Gasteiger partial charge in [0.1, 0.15) is 5.75 Å². The molecule has 2 aromatic rings. The number of anilines is 1. The molecule has 0 radical (unpaired) electrons. The zero-order valence-corrected chi connectivity index (χ0v) is 12.6. The van der Waals surface area contributed by atoms with Crippen molar-refractivity contribution in [2.75, 3.05) is 5.32 Å². The van der Waals surface area contributed by atoms with Crippen LogP contribution in [-0.4, -0.2) is 12.0 Å². The van der Waals surface area contributed by atoms with Crippen LogP contribution < -0.4 is 10.1 Å². The Morgan fingerprint density at radius 1 is 1.09 bits per heavy atom. The highest BCUT2D eigenvalue weighted by atomic mass is 19.4. The van der Waals surface area contributed by atoms with E-state index in [2.05, 4.69) is 5.32 Å². The number of halogens is 3. The molecular formula is C17H16F3NO2. The summed E-state index contributed by atoms with van der Waals surface area (Å²) in [6.07, 6.45) is -5.47. The summed E-state index contributed by atoms with van der Waals surface area (Å²) in [7, 11) is 0. The lowest BCUT2D eigenvalue weighted by Crippen LogP contribution is -2.31. The molecule has 3 nitrogen and oxygen atoms in total. The third-order valence-electron chi connectivity index (χ3n) is 3.19. The van der Waals surface area contributed by atoms with Crippen LogP contribution in [0.25, 0.3) is 0 Å². The minimum absolute atomic E-state index is 0.288. The molecule has 6 heteroatoms. The minimum atomic E-state index is -4.54. The largest absolute Gasteiger partial charge is 0.481 e. The van der Waals surface area contributed by atoms with E-state index in [1.54, 1.807) is 12.1 Å². The zero-order chi connectivity index (χ0) is 17.0. The van der Waals surface area contributed by atoms with Gasteiger partial charge in [-0.2, -0.15) is 13.2 Å². The summed E-state index contributed by atoms with van der Waals surface area (Å²) in [4.78, 5) is 12.1. The van der Waals surface area contributed by atoms with Gasteiger partial charge in [-0.25, -0.2) is 0 Å². The number of carbonyl (C=O) groups is 1. The normalized spacial score (nSPS) is 12.6. The molecule has 0 aromatic heterocycles. The highest BCUT2D eigenvalue weighted by molar-refractivity contribution is 5.94. The molecule has 122 valence electrons. The van der Waals surface area contributed by atoms with Crippen molar-refractivity contribution in [1.29, 1.82) is 0 Å². The van der Waals surface area contributed by atoms with Crippen molar-refractivity contribution in [1.82, 2.24) is 0 Å². The van der Waals surface area contributed by atoms with Gasteiger partial charge in [0.05, 0.1) is 11.3 Å². The first kappa shape index (κ1) is 16.9. The Bertz CT molecular complexity index is 681. The Hall–Kier alpha value is -2.50. The number of rotatable bonds is 4. The van der Waals surface area contributed by atoms with Crippen LogP contribution in [0.3, 0.4) is 0 Å². The van der Waals surface area contributed by atoms with Gasteiger partial charge in [-0.3, -0.25) is 4.79 Å². The molecule has 0 spiro atoms. The molecular weight excluding hydrogens is 307 g/mol. The Balaban J connectivity index is 2.08. The van der Waals surface area contributed by atoms with Gasteiger partial charge in [0.2, 0.25) is 0 Å². The molecule has 0 aliphatic carbocycles. The Kier molecular flexibility index (Phi) is 4.93. The molecule has 0 aliphatic rings. The van der Waals surface area contributed by atoms with Gasteiger partial charge >= 0.3 is 6.18 Å². The third kappa shape index (κ3) is 4.48. The van der Waals surface area contributed by atoms with Crippen LogP contribution in [-0.2, 0) is 11.0 Å². The van der Waals surface area contributed by atoms with Gasteiger partial charge < -0.3 is 10.1 Å². The van der Waals surface area contributed by atoms with Gasteiger partial charge in [0.25, 0.3) is 5.91 Å². The molecule has 0 saturated heterocycles. The number of nitrogens with one attached hydrogen (secondary N) is 1. The molecule has 2 aromatic carbocycles. The van der Waals surface area contributed by atoms with Crippen LogP contribution in [0.5, 0.6) is 5.75 Å². The molecule has 0 bridgehead atoms. The fourth-order valence-electron chi connectivity index (χ4n) is 1.95. The fourth-order valence-corrected chi connectivity index (χ4v) is 1.95. The van der Waals surface area contributed by atoms with Crippen LogP contribution >= 0.6 is 0 Å². The average molecular weight is 323 g/mol. The van der Waals surface area contributed by atoms with Crippen molar-refractivity contribution in [3.05, 3.63) is 59.7 Å². The van der Waals surface area contributed by atoms with Crippen molar-refractivity contribution in [3.8, 4) is 5.75 Å². The number of benzene rings is 2. The van der Waals surface area contributed by atoms with Crippen LogP contribution in [0, 0.1) is 6.92 Å². The second-order valence-electron chi connectivity index (χ2n) is 5.11. The highest BCUT2D eigenvalue weighted by Crippen LogP contribution is 2.34. The lowest BCUT2D eigenvalue weighted by atomic mass is 10.1. The molecule has 0 saturated carbocycles. The molecule has 1 N–H and O–H groups in total. The Morgan fingerprint density at radius 2 is 1.70 bits per heavy atom. The van der Waals surface area contributed by atoms with Crippen molar-refractivity contribution >= 4 is 11.6 Å². The number of para-hydroxylation sites is 1. The fraction of sp³-hybridized carbons (Fsp3) is 0.235. The monoisotopic (exact) mass is 323 g/mol. The maximum atomic E-state index is 12.9. The zero-order valence-electron chi connectivity index (χ0n) is 12.6. The Morgan fingerprint density at radius 3 is 2.30 bits per heavy atom. The van der Waals surface area contributed by atoms with E-state index < -0.39 is 23.8 Å². The second-order valence-corrected chi connectivity index (χ2v) is 5.11. The van der Waals surface area contributed by atoms with Crippen molar-refractivity contribution in [3.63, 3.8) is 0 Å². The summed E-state index contributed by atoms with van der Waals surface area (Å²) in [5.41, 5.74) is -0.145. The smallest absolute Gasteiger partial charge is 0.418 e. The molecule has 0 aliphatic heterocycles. The molecule has 23 heavy (non-hydrogen) atoms. The second kappa shape index (κ2) is 6.73.